The van der Waals surface area contributed by atoms with Gasteiger partial charge in [0.05, 0.1) is 0 Å². The molecule has 2 nitrogen and oxygen atoms in total. The van der Waals surface area contributed by atoms with Crippen LogP contribution in [0.2, 0.25) is 0 Å². The van der Waals surface area contributed by atoms with Gasteiger partial charge in [-0.05, 0) is 39.5 Å². The van der Waals surface area contributed by atoms with Crippen molar-refractivity contribution in [3.05, 3.63) is 0 Å². The van der Waals surface area contributed by atoms with Crippen molar-refractivity contribution in [3.63, 3.8) is 0 Å². The molecule has 0 spiro atoms. The van der Waals surface area contributed by atoms with E-state index in [2.05, 4.69) is 13.8 Å². The Morgan fingerprint density at radius 3 is 1.44 bits per heavy atom. The quantitative estimate of drug-likeness (QED) is 0.443. The van der Waals surface area contributed by atoms with Crippen LogP contribution in [-0.4, -0.2) is 23.6 Å². The van der Waals surface area contributed by atoms with Crippen LogP contribution in [0.4, 0.5) is 0 Å². The van der Waals surface area contributed by atoms with Crippen molar-refractivity contribution in [1.29, 1.82) is 0 Å². The summed E-state index contributed by atoms with van der Waals surface area (Å²) in [5, 5.41) is 0. The van der Waals surface area contributed by atoms with Gasteiger partial charge in [0.15, 0.2) is 0 Å². The first-order valence-electron chi connectivity index (χ1n) is 6.38. The van der Waals surface area contributed by atoms with Crippen LogP contribution in [0.25, 0.3) is 0 Å². The van der Waals surface area contributed by atoms with Crippen molar-refractivity contribution < 1.29 is 0 Å². The van der Waals surface area contributed by atoms with E-state index >= 15 is 0 Å². The molecule has 0 fully saturated rings. The molecular weight excluding hydrogens is 236 g/mol. The van der Waals surface area contributed by atoms with Crippen LogP contribution < -0.4 is 11.5 Å². The monoisotopic (exact) mass is 264 g/mol. The molecule has 0 aliphatic rings. The summed E-state index contributed by atoms with van der Waals surface area (Å²) in [6.07, 6.45) is 7.49. The maximum absolute atomic E-state index is 5.69. The SMILES string of the molecule is CC(N)CCCCSSCCCCC(C)N. The van der Waals surface area contributed by atoms with Gasteiger partial charge in [0.1, 0.15) is 0 Å². The summed E-state index contributed by atoms with van der Waals surface area (Å²) in [5.41, 5.74) is 11.4. The molecule has 0 aromatic carbocycles. The Hall–Kier alpha value is 0.620. The van der Waals surface area contributed by atoms with Crippen molar-refractivity contribution in [2.75, 3.05) is 11.5 Å². The van der Waals surface area contributed by atoms with Crippen molar-refractivity contribution in [2.24, 2.45) is 11.5 Å². The molecule has 4 N–H and O–H groups in total. The number of hydrogen-bond donors (Lipinski definition) is 2. The molecule has 2 atom stereocenters. The van der Waals surface area contributed by atoms with Gasteiger partial charge in [-0.15, -0.1) is 0 Å². The average molecular weight is 265 g/mol. The summed E-state index contributed by atoms with van der Waals surface area (Å²) in [4.78, 5) is 0. The van der Waals surface area contributed by atoms with Crippen molar-refractivity contribution in [3.8, 4) is 0 Å². The zero-order chi connectivity index (χ0) is 12.2. The second-order valence-electron chi connectivity index (χ2n) is 4.59. The van der Waals surface area contributed by atoms with Gasteiger partial charge in [-0.3, -0.25) is 0 Å². The molecule has 0 radical (unpaired) electrons. The zero-order valence-electron chi connectivity index (χ0n) is 10.8. The Morgan fingerprint density at radius 1 is 0.750 bits per heavy atom. The molecule has 2 unspecified atom stereocenters. The standard InChI is InChI=1S/C12H28N2S2/c1-11(13)7-3-5-9-15-16-10-6-4-8-12(2)14/h11-12H,3-10,13-14H2,1-2H3. The molecular formula is C12H28N2S2. The molecule has 0 aliphatic heterocycles. The van der Waals surface area contributed by atoms with E-state index in [4.69, 9.17) is 11.5 Å². The largest absolute Gasteiger partial charge is 0.328 e. The molecule has 0 bridgehead atoms. The fourth-order valence-corrected chi connectivity index (χ4v) is 3.67. The third-order valence-corrected chi connectivity index (χ3v) is 4.93. The first-order chi connectivity index (χ1) is 7.63. The number of nitrogens with two attached hydrogens (primary N) is 2. The molecule has 0 aromatic rings. The van der Waals surface area contributed by atoms with Gasteiger partial charge in [-0.1, -0.05) is 34.4 Å². The third kappa shape index (κ3) is 14.6. The van der Waals surface area contributed by atoms with Gasteiger partial charge >= 0.3 is 0 Å². The Kier molecular flexibility index (Phi) is 12.6. The maximum Gasteiger partial charge on any atom is 0.00369 e. The second kappa shape index (κ2) is 12.1. The van der Waals surface area contributed by atoms with Crippen LogP contribution in [0.1, 0.15) is 52.4 Å². The average Bonchev–Trinajstić information content (AvgIpc) is 2.20. The lowest BCUT2D eigenvalue weighted by atomic mass is 10.2. The lowest BCUT2D eigenvalue weighted by Crippen LogP contribution is -2.14. The molecule has 0 saturated carbocycles. The van der Waals surface area contributed by atoms with E-state index < -0.39 is 0 Å². The van der Waals surface area contributed by atoms with Gasteiger partial charge in [0.2, 0.25) is 0 Å². The van der Waals surface area contributed by atoms with E-state index in [9.17, 15) is 0 Å². The Bertz CT molecular complexity index is 125. The van der Waals surface area contributed by atoms with E-state index in [0.29, 0.717) is 12.1 Å². The topological polar surface area (TPSA) is 52.0 Å². The van der Waals surface area contributed by atoms with Crippen LogP contribution in [0, 0.1) is 0 Å². The molecule has 0 aliphatic carbocycles. The summed E-state index contributed by atoms with van der Waals surface area (Å²) < 4.78 is 0. The maximum atomic E-state index is 5.69. The molecule has 16 heavy (non-hydrogen) atoms. The number of rotatable bonds is 11. The van der Waals surface area contributed by atoms with Gasteiger partial charge < -0.3 is 11.5 Å². The van der Waals surface area contributed by atoms with Crippen LogP contribution >= 0.6 is 21.6 Å². The first kappa shape index (κ1) is 16.6. The van der Waals surface area contributed by atoms with Crippen molar-refractivity contribution in [1.82, 2.24) is 0 Å². The molecule has 0 amide bonds. The fraction of sp³-hybridized carbons (Fsp3) is 1.00. The minimum Gasteiger partial charge on any atom is -0.328 e. The third-order valence-electron chi connectivity index (χ3n) is 2.36. The van der Waals surface area contributed by atoms with E-state index in [0.717, 1.165) is 0 Å². The van der Waals surface area contributed by atoms with Crippen molar-refractivity contribution >= 4 is 21.6 Å². The molecule has 0 rings (SSSR count). The normalized spacial score (nSPS) is 15.0. The Morgan fingerprint density at radius 2 is 1.12 bits per heavy atom. The summed E-state index contributed by atoms with van der Waals surface area (Å²) in [6.45, 7) is 4.17. The zero-order valence-corrected chi connectivity index (χ0v) is 12.4. The lowest BCUT2D eigenvalue weighted by molar-refractivity contribution is 0.618. The Balaban J connectivity index is 2.93. The summed E-state index contributed by atoms with van der Waals surface area (Å²) in [5.74, 6) is 2.54. The van der Waals surface area contributed by atoms with Crippen LogP contribution in [0.3, 0.4) is 0 Å². The van der Waals surface area contributed by atoms with Crippen LogP contribution in [-0.2, 0) is 0 Å². The molecule has 98 valence electrons. The first-order valence-corrected chi connectivity index (χ1v) is 8.87. The molecule has 0 heterocycles. The highest BCUT2D eigenvalue weighted by atomic mass is 33.1. The minimum atomic E-state index is 0.371. The molecule has 0 saturated heterocycles. The van der Waals surface area contributed by atoms with Gasteiger partial charge in [0.25, 0.3) is 0 Å². The van der Waals surface area contributed by atoms with Crippen molar-refractivity contribution in [2.45, 2.75) is 64.5 Å². The predicted octanol–water partition coefficient (Wildman–Crippen LogP) is 3.40. The summed E-state index contributed by atoms with van der Waals surface area (Å²) in [6, 6.07) is 0.742. The fourth-order valence-electron chi connectivity index (χ4n) is 1.37. The highest BCUT2D eigenvalue weighted by molar-refractivity contribution is 8.76. The van der Waals surface area contributed by atoms with Gasteiger partial charge in [-0.2, -0.15) is 0 Å². The Labute approximate surface area is 109 Å². The van der Waals surface area contributed by atoms with E-state index in [1.807, 2.05) is 21.6 Å². The highest BCUT2D eigenvalue weighted by Gasteiger charge is 1.96. The smallest absolute Gasteiger partial charge is 0.00369 e. The minimum absolute atomic E-state index is 0.371. The lowest BCUT2D eigenvalue weighted by Gasteiger charge is -2.05. The van der Waals surface area contributed by atoms with Gasteiger partial charge in [0, 0.05) is 23.6 Å². The van der Waals surface area contributed by atoms with E-state index in [-0.39, 0.29) is 0 Å². The van der Waals surface area contributed by atoms with E-state index in [1.54, 1.807) is 0 Å². The summed E-state index contributed by atoms with van der Waals surface area (Å²) >= 11 is 0. The number of hydrogen-bond acceptors (Lipinski definition) is 4. The number of unbranched alkanes of at least 4 members (excludes halogenated alkanes) is 2. The van der Waals surface area contributed by atoms with E-state index in [1.165, 1.54) is 50.0 Å². The highest BCUT2D eigenvalue weighted by Crippen LogP contribution is 2.24. The second-order valence-corrected chi connectivity index (χ2v) is 7.29. The van der Waals surface area contributed by atoms with Crippen LogP contribution in [0.15, 0.2) is 0 Å². The van der Waals surface area contributed by atoms with Crippen LogP contribution in [0.5, 0.6) is 0 Å². The van der Waals surface area contributed by atoms with Gasteiger partial charge in [-0.25, -0.2) is 0 Å². The predicted molar refractivity (Wildman–Crippen MR) is 79.9 cm³/mol. The molecule has 0 aromatic heterocycles. The molecule has 4 heteroatoms. The summed E-state index contributed by atoms with van der Waals surface area (Å²) in [7, 11) is 4.02.